The molecule has 8 nitrogen and oxygen atoms in total. The maximum atomic E-state index is 11.9. The first-order valence-electron chi connectivity index (χ1n) is 6.96. The number of amides is 2. The van der Waals surface area contributed by atoms with Gasteiger partial charge >= 0.3 is 5.97 Å². The number of para-hydroxylation sites is 1. The number of carboxylic acids is 1. The summed E-state index contributed by atoms with van der Waals surface area (Å²) in [6.07, 6.45) is 0. The number of nitrogens with one attached hydrogen (secondary N) is 1. The number of hydrogen-bond donors (Lipinski definition) is 2. The van der Waals surface area contributed by atoms with Crippen molar-refractivity contribution in [1.29, 1.82) is 0 Å². The lowest BCUT2D eigenvalue weighted by atomic mass is 10.3. The number of nitrogens with zero attached hydrogens (tertiary/aromatic N) is 1. The van der Waals surface area contributed by atoms with E-state index in [1.54, 1.807) is 24.3 Å². The maximum Gasteiger partial charge on any atom is 0.323 e. The Labute approximate surface area is 134 Å². The molecule has 0 radical (unpaired) electrons. The summed E-state index contributed by atoms with van der Waals surface area (Å²) in [4.78, 5) is 35.4. The Bertz CT molecular complexity index is 520. The van der Waals surface area contributed by atoms with Crippen LogP contribution in [0.15, 0.2) is 30.3 Å². The SMILES string of the molecule is COCCN(CC(=O)O)C(=O)CNC(=O)COc1ccccc1. The highest BCUT2D eigenvalue weighted by atomic mass is 16.5. The smallest absolute Gasteiger partial charge is 0.323 e. The average molecular weight is 324 g/mol. The molecule has 0 saturated carbocycles. The first-order chi connectivity index (χ1) is 11.0. The lowest BCUT2D eigenvalue weighted by Gasteiger charge is -2.20. The van der Waals surface area contributed by atoms with Gasteiger partial charge in [-0.25, -0.2) is 0 Å². The summed E-state index contributed by atoms with van der Waals surface area (Å²) in [6, 6.07) is 8.78. The zero-order valence-corrected chi connectivity index (χ0v) is 12.9. The molecule has 23 heavy (non-hydrogen) atoms. The van der Waals surface area contributed by atoms with Crippen LogP contribution in [0, 0.1) is 0 Å². The van der Waals surface area contributed by atoms with E-state index in [0.29, 0.717) is 5.75 Å². The lowest BCUT2D eigenvalue weighted by molar-refractivity contribution is -0.144. The Balaban J connectivity index is 2.36. The summed E-state index contributed by atoms with van der Waals surface area (Å²) in [5, 5.41) is 11.2. The van der Waals surface area contributed by atoms with Gasteiger partial charge in [0.1, 0.15) is 12.3 Å². The van der Waals surface area contributed by atoms with Crippen LogP contribution < -0.4 is 10.1 Å². The second-order valence-electron chi connectivity index (χ2n) is 4.58. The van der Waals surface area contributed by atoms with Crippen molar-refractivity contribution >= 4 is 17.8 Å². The number of hydrogen-bond acceptors (Lipinski definition) is 5. The molecule has 0 bridgehead atoms. The highest BCUT2D eigenvalue weighted by Gasteiger charge is 2.17. The van der Waals surface area contributed by atoms with Crippen LogP contribution in [0.25, 0.3) is 0 Å². The summed E-state index contributed by atoms with van der Waals surface area (Å²) in [5.74, 6) is -1.56. The van der Waals surface area contributed by atoms with Gasteiger partial charge in [-0.3, -0.25) is 14.4 Å². The maximum absolute atomic E-state index is 11.9. The standard InChI is InChI=1S/C15H20N2O6/c1-22-8-7-17(10-15(20)21)14(19)9-16-13(18)11-23-12-5-3-2-4-6-12/h2-6H,7-11H2,1H3,(H,16,18)(H,20,21). The second kappa shape index (κ2) is 10.2. The molecule has 0 aliphatic rings. The van der Waals surface area contributed by atoms with Crippen molar-refractivity contribution in [3.63, 3.8) is 0 Å². The van der Waals surface area contributed by atoms with Crippen LogP contribution in [0.1, 0.15) is 0 Å². The van der Waals surface area contributed by atoms with E-state index in [2.05, 4.69) is 5.32 Å². The van der Waals surface area contributed by atoms with Crippen LogP contribution in [0.2, 0.25) is 0 Å². The molecular formula is C15H20N2O6. The van der Waals surface area contributed by atoms with Gasteiger partial charge in [0.15, 0.2) is 6.61 Å². The van der Waals surface area contributed by atoms with Crippen LogP contribution in [-0.2, 0) is 19.1 Å². The number of rotatable bonds is 10. The van der Waals surface area contributed by atoms with Crippen LogP contribution in [0.5, 0.6) is 5.75 Å². The first kappa shape index (κ1) is 18.4. The number of carbonyl (C=O) groups excluding carboxylic acids is 2. The predicted octanol–water partition coefficient (Wildman–Crippen LogP) is -0.259. The van der Waals surface area contributed by atoms with Gasteiger partial charge in [0, 0.05) is 13.7 Å². The highest BCUT2D eigenvalue weighted by molar-refractivity contribution is 5.87. The molecule has 1 aromatic rings. The summed E-state index contributed by atoms with van der Waals surface area (Å²) in [7, 11) is 1.45. The fraction of sp³-hybridized carbons (Fsp3) is 0.400. The zero-order chi connectivity index (χ0) is 17.1. The summed E-state index contributed by atoms with van der Waals surface area (Å²) in [5.41, 5.74) is 0. The van der Waals surface area contributed by atoms with Gasteiger partial charge < -0.3 is 24.8 Å². The Kier molecular flexibility index (Phi) is 8.16. The monoisotopic (exact) mass is 324 g/mol. The van der Waals surface area contributed by atoms with Crippen LogP contribution in [0.4, 0.5) is 0 Å². The Morgan fingerprint density at radius 1 is 1.22 bits per heavy atom. The number of methoxy groups -OCH3 is 1. The molecule has 126 valence electrons. The summed E-state index contributed by atoms with van der Waals surface area (Å²) < 4.78 is 10.1. The molecule has 0 aromatic heterocycles. The van der Waals surface area contributed by atoms with E-state index in [1.807, 2.05) is 6.07 Å². The van der Waals surface area contributed by atoms with E-state index in [1.165, 1.54) is 7.11 Å². The van der Waals surface area contributed by atoms with Crippen LogP contribution in [-0.4, -0.2) is 67.7 Å². The molecule has 0 aliphatic heterocycles. The molecule has 0 unspecified atom stereocenters. The van der Waals surface area contributed by atoms with Gasteiger partial charge in [-0.2, -0.15) is 0 Å². The molecule has 1 rings (SSSR count). The van der Waals surface area contributed by atoms with Gasteiger partial charge in [-0.1, -0.05) is 18.2 Å². The number of benzene rings is 1. The molecule has 0 heterocycles. The summed E-state index contributed by atoms with van der Waals surface area (Å²) in [6.45, 7) is -0.622. The van der Waals surface area contributed by atoms with Crippen molar-refractivity contribution in [3.05, 3.63) is 30.3 Å². The zero-order valence-electron chi connectivity index (χ0n) is 12.9. The third-order valence-electron chi connectivity index (χ3n) is 2.79. The van der Waals surface area contributed by atoms with Gasteiger partial charge in [-0.15, -0.1) is 0 Å². The Hall–Kier alpha value is -2.61. The number of aliphatic carboxylic acids is 1. The average Bonchev–Trinajstić information content (AvgIpc) is 2.55. The van der Waals surface area contributed by atoms with Crippen molar-refractivity contribution in [1.82, 2.24) is 10.2 Å². The third-order valence-corrected chi connectivity index (χ3v) is 2.79. The van der Waals surface area contributed by atoms with E-state index < -0.39 is 24.3 Å². The normalized spacial score (nSPS) is 9.96. The minimum absolute atomic E-state index is 0.137. The van der Waals surface area contributed by atoms with E-state index in [9.17, 15) is 14.4 Å². The quantitative estimate of drug-likeness (QED) is 0.614. The van der Waals surface area contributed by atoms with Gasteiger partial charge in [0.05, 0.1) is 13.2 Å². The van der Waals surface area contributed by atoms with Gasteiger partial charge in [0.2, 0.25) is 5.91 Å². The first-order valence-corrected chi connectivity index (χ1v) is 6.96. The summed E-state index contributed by atoms with van der Waals surface area (Å²) >= 11 is 0. The minimum Gasteiger partial charge on any atom is -0.484 e. The molecule has 0 spiro atoms. The van der Waals surface area contributed by atoms with Crippen molar-refractivity contribution in [2.45, 2.75) is 0 Å². The van der Waals surface area contributed by atoms with Crippen molar-refractivity contribution in [2.24, 2.45) is 0 Å². The van der Waals surface area contributed by atoms with Crippen LogP contribution >= 0.6 is 0 Å². The minimum atomic E-state index is -1.13. The molecule has 2 N–H and O–H groups in total. The third kappa shape index (κ3) is 7.82. The van der Waals surface area contributed by atoms with E-state index in [4.69, 9.17) is 14.6 Å². The largest absolute Gasteiger partial charge is 0.484 e. The van der Waals surface area contributed by atoms with Crippen molar-refractivity contribution in [3.8, 4) is 5.75 Å². The van der Waals surface area contributed by atoms with Crippen molar-refractivity contribution < 1.29 is 29.0 Å². The van der Waals surface area contributed by atoms with Crippen molar-refractivity contribution in [2.75, 3.05) is 40.0 Å². The fourth-order valence-corrected chi connectivity index (χ4v) is 1.66. The molecule has 0 aliphatic carbocycles. The molecule has 0 saturated heterocycles. The number of ether oxygens (including phenoxy) is 2. The van der Waals surface area contributed by atoms with Crippen LogP contribution in [0.3, 0.4) is 0 Å². The fourth-order valence-electron chi connectivity index (χ4n) is 1.66. The molecular weight excluding hydrogens is 304 g/mol. The molecule has 0 atom stereocenters. The topological polar surface area (TPSA) is 105 Å². The highest BCUT2D eigenvalue weighted by Crippen LogP contribution is 2.07. The Morgan fingerprint density at radius 3 is 2.52 bits per heavy atom. The Morgan fingerprint density at radius 2 is 1.91 bits per heavy atom. The lowest BCUT2D eigenvalue weighted by Crippen LogP contribution is -2.44. The van der Waals surface area contributed by atoms with E-state index in [-0.39, 0.29) is 26.3 Å². The number of carbonyl (C=O) groups is 3. The van der Waals surface area contributed by atoms with Gasteiger partial charge in [-0.05, 0) is 12.1 Å². The number of carboxylic acid groups (broad SMARTS) is 1. The molecule has 8 heteroatoms. The predicted molar refractivity (Wildman–Crippen MR) is 81.0 cm³/mol. The second-order valence-corrected chi connectivity index (χ2v) is 4.58. The van der Waals surface area contributed by atoms with E-state index in [0.717, 1.165) is 4.90 Å². The molecule has 1 aromatic carbocycles. The van der Waals surface area contributed by atoms with Gasteiger partial charge in [0.25, 0.3) is 5.91 Å². The molecule has 0 fully saturated rings. The molecule has 2 amide bonds. The van der Waals surface area contributed by atoms with E-state index >= 15 is 0 Å².